The Bertz CT molecular complexity index is 169. The van der Waals surface area contributed by atoms with E-state index >= 15 is 0 Å². The Hall–Kier alpha value is -0.330. The van der Waals surface area contributed by atoms with E-state index in [1.165, 1.54) is 0 Å². The molecule has 0 aromatic heterocycles. The average molecular weight is 286 g/mol. The molecule has 0 saturated heterocycles. The molecule has 0 saturated carbocycles. The number of carboxylic acid groups (broad SMARTS) is 2. The molecule has 0 heterocycles. The molecular formula is C7H11IO4. The average Bonchev–Trinajstić information content (AvgIpc) is 1.97. The van der Waals surface area contributed by atoms with Gasteiger partial charge in [-0.25, -0.2) is 0 Å². The van der Waals surface area contributed by atoms with Crippen LogP contribution in [0, 0.1) is 0 Å². The Labute approximate surface area is 84.1 Å². The second kappa shape index (κ2) is 6.22. The Morgan fingerprint density at radius 1 is 1.25 bits per heavy atom. The molecule has 0 radical (unpaired) electrons. The summed E-state index contributed by atoms with van der Waals surface area (Å²) in [4.78, 5) is 20.4. The maximum Gasteiger partial charge on any atom is 0.316 e. The second-order valence-corrected chi connectivity index (χ2v) is 3.95. The van der Waals surface area contributed by atoms with Gasteiger partial charge in [-0.1, -0.05) is 29.0 Å². The predicted octanol–water partition coefficient (Wildman–Crippen LogP) is 1.52. The molecule has 0 aliphatic rings. The zero-order chi connectivity index (χ0) is 9.56. The topological polar surface area (TPSA) is 74.6 Å². The summed E-state index contributed by atoms with van der Waals surface area (Å²) in [5.74, 6) is -1.65. The molecule has 0 spiro atoms. The van der Waals surface area contributed by atoms with Gasteiger partial charge in [0.15, 0.2) is 0 Å². The lowest BCUT2D eigenvalue weighted by molar-refractivity contribution is -0.137. The minimum Gasteiger partial charge on any atom is -0.481 e. The van der Waals surface area contributed by atoms with Gasteiger partial charge < -0.3 is 10.2 Å². The molecule has 0 aromatic carbocycles. The van der Waals surface area contributed by atoms with E-state index in [1.54, 1.807) is 0 Å². The molecule has 0 amide bonds. The largest absolute Gasteiger partial charge is 0.481 e. The van der Waals surface area contributed by atoms with E-state index in [4.69, 9.17) is 10.2 Å². The summed E-state index contributed by atoms with van der Waals surface area (Å²) in [6, 6.07) is 0. The zero-order valence-corrected chi connectivity index (χ0v) is 8.65. The van der Waals surface area contributed by atoms with Gasteiger partial charge in [-0.3, -0.25) is 9.59 Å². The molecule has 1 atom stereocenters. The third-order valence-electron chi connectivity index (χ3n) is 1.37. The summed E-state index contributed by atoms with van der Waals surface area (Å²) in [7, 11) is 0. The zero-order valence-electron chi connectivity index (χ0n) is 6.49. The molecule has 5 heteroatoms. The van der Waals surface area contributed by atoms with Crippen LogP contribution >= 0.6 is 22.6 Å². The highest BCUT2D eigenvalue weighted by molar-refractivity contribution is 14.1. The Morgan fingerprint density at radius 2 is 1.83 bits per heavy atom. The number of unbranched alkanes of at least 4 members (excludes halogenated alkanes) is 1. The van der Waals surface area contributed by atoms with Gasteiger partial charge >= 0.3 is 11.9 Å². The first-order valence-corrected chi connectivity index (χ1v) is 4.87. The second-order valence-electron chi connectivity index (χ2n) is 2.45. The Balaban J connectivity index is 3.31. The minimum atomic E-state index is -0.828. The number of aliphatic carboxylic acids is 2. The SMILES string of the molecule is O=C(O)CCCCC(I)C(=O)O. The quantitative estimate of drug-likeness (QED) is 0.441. The van der Waals surface area contributed by atoms with Gasteiger partial charge in [0.05, 0.1) is 0 Å². The van der Waals surface area contributed by atoms with E-state index in [-0.39, 0.29) is 6.42 Å². The molecule has 1 unspecified atom stereocenters. The molecule has 0 aromatic rings. The van der Waals surface area contributed by atoms with E-state index in [0.29, 0.717) is 19.3 Å². The van der Waals surface area contributed by atoms with Crippen LogP contribution in [-0.2, 0) is 9.59 Å². The van der Waals surface area contributed by atoms with E-state index in [0.717, 1.165) is 0 Å². The summed E-state index contributed by atoms with van der Waals surface area (Å²) in [5, 5.41) is 16.7. The number of hydrogen-bond donors (Lipinski definition) is 2. The van der Waals surface area contributed by atoms with Crippen molar-refractivity contribution in [1.29, 1.82) is 0 Å². The van der Waals surface area contributed by atoms with Crippen molar-refractivity contribution in [3.05, 3.63) is 0 Å². The van der Waals surface area contributed by atoms with Gasteiger partial charge in [-0.15, -0.1) is 0 Å². The van der Waals surface area contributed by atoms with Crippen LogP contribution in [0.2, 0.25) is 0 Å². The third-order valence-corrected chi connectivity index (χ3v) is 2.52. The first kappa shape index (κ1) is 11.7. The lowest BCUT2D eigenvalue weighted by Gasteiger charge is -2.02. The van der Waals surface area contributed by atoms with Gasteiger partial charge in [0.2, 0.25) is 0 Å². The number of alkyl halides is 1. The van der Waals surface area contributed by atoms with E-state index in [9.17, 15) is 9.59 Å². The molecule has 0 aliphatic heterocycles. The van der Waals surface area contributed by atoms with Crippen molar-refractivity contribution in [2.45, 2.75) is 29.6 Å². The fourth-order valence-corrected chi connectivity index (χ4v) is 1.16. The van der Waals surface area contributed by atoms with Crippen molar-refractivity contribution in [2.24, 2.45) is 0 Å². The molecule has 2 N–H and O–H groups in total. The lowest BCUT2D eigenvalue weighted by Crippen LogP contribution is -2.12. The number of halogens is 1. The monoisotopic (exact) mass is 286 g/mol. The highest BCUT2D eigenvalue weighted by Crippen LogP contribution is 2.11. The Morgan fingerprint density at radius 3 is 2.25 bits per heavy atom. The van der Waals surface area contributed by atoms with Gasteiger partial charge in [-0.05, 0) is 12.8 Å². The summed E-state index contributed by atoms with van der Waals surface area (Å²) in [6.45, 7) is 0. The predicted molar refractivity (Wildman–Crippen MR) is 51.5 cm³/mol. The van der Waals surface area contributed by atoms with E-state index < -0.39 is 15.9 Å². The van der Waals surface area contributed by atoms with Crippen molar-refractivity contribution in [3.63, 3.8) is 0 Å². The van der Waals surface area contributed by atoms with Crippen molar-refractivity contribution in [3.8, 4) is 0 Å². The number of rotatable bonds is 6. The summed E-state index contributed by atoms with van der Waals surface area (Å²) in [6.07, 6.45) is 1.89. The maximum absolute atomic E-state index is 10.3. The van der Waals surface area contributed by atoms with Gasteiger partial charge in [0.1, 0.15) is 3.92 Å². The molecule has 4 nitrogen and oxygen atoms in total. The summed E-state index contributed by atoms with van der Waals surface area (Å²) in [5.41, 5.74) is 0. The molecule has 0 fully saturated rings. The van der Waals surface area contributed by atoms with Gasteiger partial charge in [0, 0.05) is 6.42 Å². The summed E-state index contributed by atoms with van der Waals surface area (Å²) < 4.78 is -0.392. The molecule has 0 rings (SSSR count). The fraction of sp³-hybridized carbons (Fsp3) is 0.714. The highest BCUT2D eigenvalue weighted by Gasteiger charge is 2.11. The van der Waals surface area contributed by atoms with Crippen LogP contribution in [0.15, 0.2) is 0 Å². The molecule has 0 aliphatic carbocycles. The first-order chi connectivity index (χ1) is 5.54. The highest BCUT2D eigenvalue weighted by atomic mass is 127. The van der Waals surface area contributed by atoms with E-state index in [1.807, 2.05) is 22.6 Å². The van der Waals surface area contributed by atoms with Gasteiger partial charge in [0.25, 0.3) is 0 Å². The van der Waals surface area contributed by atoms with Gasteiger partial charge in [-0.2, -0.15) is 0 Å². The standard InChI is InChI=1S/C7H11IO4/c8-5(7(11)12)3-1-2-4-6(9)10/h5H,1-4H2,(H,9,10)(H,11,12). The maximum atomic E-state index is 10.3. The van der Waals surface area contributed by atoms with E-state index in [2.05, 4.69) is 0 Å². The van der Waals surface area contributed by atoms with Crippen LogP contribution in [0.25, 0.3) is 0 Å². The first-order valence-electron chi connectivity index (χ1n) is 3.62. The molecule has 70 valence electrons. The van der Waals surface area contributed by atoms with Crippen LogP contribution in [0.4, 0.5) is 0 Å². The lowest BCUT2D eigenvalue weighted by atomic mass is 10.1. The smallest absolute Gasteiger partial charge is 0.316 e. The van der Waals surface area contributed by atoms with Crippen molar-refractivity contribution < 1.29 is 19.8 Å². The van der Waals surface area contributed by atoms with Crippen LogP contribution in [0.3, 0.4) is 0 Å². The Kier molecular flexibility index (Phi) is 6.04. The van der Waals surface area contributed by atoms with Crippen molar-refractivity contribution in [2.75, 3.05) is 0 Å². The number of carbonyl (C=O) groups is 2. The molecule has 12 heavy (non-hydrogen) atoms. The van der Waals surface area contributed by atoms with Crippen molar-refractivity contribution >= 4 is 34.5 Å². The number of hydrogen-bond acceptors (Lipinski definition) is 2. The van der Waals surface area contributed by atoms with Crippen molar-refractivity contribution in [1.82, 2.24) is 0 Å². The van der Waals surface area contributed by atoms with Crippen LogP contribution in [0.5, 0.6) is 0 Å². The van der Waals surface area contributed by atoms with Crippen LogP contribution in [-0.4, -0.2) is 26.1 Å². The van der Waals surface area contributed by atoms with Crippen LogP contribution < -0.4 is 0 Å². The number of carboxylic acids is 2. The normalized spacial score (nSPS) is 12.4. The van der Waals surface area contributed by atoms with Crippen LogP contribution in [0.1, 0.15) is 25.7 Å². The minimum absolute atomic E-state index is 0.128. The molecule has 0 bridgehead atoms. The third kappa shape index (κ3) is 6.38. The summed E-state index contributed by atoms with van der Waals surface area (Å²) >= 11 is 1.84. The molecular weight excluding hydrogens is 275 g/mol. The fourth-order valence-electron chi connectivity index (χ4n) is 0.723.